The van der Waals surface area contributed by atoms with Crippen molar-refractivity contribution in [1.82, 2.24) is 24.5 Å². The number of hydrogen-bond acceptors (Lipinski definition) is 11. The first-order valence-corrected chi connectivity index (χ1v) is 13.0. The van der Waals surface area contributed by atoms with Crippen LogP contribution in [0, 0.1) is 11.8 Å². The number of oxime groups is 1. The smallest absolute Gasteiger partial charge is 0.352 e. The Balaban J connectivity index is 1.26. The quantitative estimate of drug-likeness (QED) is 0.165. The van der Waals surface area contributed by atoms with Gasteiger partial charge >= 0.3 is 5.97 Å². The highest BCUT2D eigenvalue weighted by Gasteiger charge is 2.51. The zero-order chi connectivity index (χ0) is 24.2. The summed E-state index contributed by atoms with van der Waals surface area (Å²) >= 11 is 2.54. The van der Waals surface area contributed by atoms with Crippen molar-refractivity contribution in [3.63, 3.8) is 0 Å². The number of thioether (sulfide) groups is 1. The summed E-state index contributed by atoms with van der Waals surface area (Å²) in [7, 11) is 4.42. The molecule has 0 bridgehead atoms. The first-order valence-electron chi connectivity index (χ1n) is 11.2. The van der Waals surface area contributed by atoms with Gasteiger partial charge in [0.2, 0.25) is 11.5 Å². The zero-order valence-corrected chi connectivity index (χ0v) is 20.7. The van der Waals surface area contributed by atoms with Gasteiger partial charge in [0.15, 0.2) is 5.13 Å². The molecule has 1 amide bonds. The van der Waals surface area contributed by atoms with Gasteiger partial charge in [-0.25, -0.2) is 4.79 Å². The number of quaternary nitrogens is 1. The number of anilines is 1. The minimum Gasteiger partial charge on any atom is -0.477 e. The predicted octanol–water partition coefficient (Wildman–Crippen LogP) is -0.851. The van der Waals surface area contributed by atoms with E-state index in [0.29, 0.717) is 29.8 Å². The van der Waals surface area contributed by atoms with Crippen molar-refractivity contribution >= 4 is 46.0 Å². The van der Waals surface area contributed by atoms with Crippen molar-refractivity contribution < 1.29 is 24.4 Å². The summed E-state index contributed by atoms with van der Waals surface area (Å²) in [5, 5.41) is 25.2. The van der Waals surface area contributed by atoms with Gasteiger partial charge < -0.3 is 35.6 Å². The van der Waals surface area contributed by atoms with Crippen molar-refractivity contribution in [1.29, 1.82) is 0 Å². The second kappa shape index (κ2) is 8.66. The van der Waals surface area contributed by atoms with Crippen molar-refractivity contribution in [2.24, 2.45) is 17.0 Å². The molecule has 0 saturated carbocycles. The van der Waals surface area contributed by atoms with Crippen LogP contribution in [0.3, 0.4) is 0 Å². The monoisotopic (exact) mass is 509 g/mol. The Kier molecular flexibility index (Phi) is 5.94. The predicted molar refractivity (Wildman–Crippen MR) is 127 cm³/mol. The zero-order valence-electron chi connectivity index (χ0n) is 19.0. The van der Waals surface area contributed by atoms with Gasteiger partial charge in [0, 0.05) is 54.3 Å². The SMILES string of the molecule is CN1CC2C[N+](C)(CC3=C(C(=O)O)N4C[C@@H](NC(=O)/C(=N\O)c5nsc(N)n5)[C@H]4SC3)CC2C1. The Morgan fingerprint density at radius 3 is 2.59 bits per heavy atom. The number of nitrogens with zero attached hydrogens (tertiary/aromatic N) is 6. The average molecular weight is 510 g/mol. The molecule has 5 heterocycles. The number of nitrogens with one attached hydrogen (secondary N) is 1. The number of hydrogen-bond donors (Lipinski definition) is 4. The van der Waals surface area contributed by atoms with E-state index in [1.54, 1.807) is 11.8 Å². The van der Waals surface area contributed by atoms with E-state index in [1.165, 1.54) is 0 Å². The molecule has 5 rings (SSSR count). The highest BCUT2D eigenvalue weighted by molar-refractivity contribution is 8.00. The van der Waals surface area contributed by atoms with E-state index in [1.807, 2.05) is 4.90 Å². The van der Waals surface area contributed by atoms with Crippen molar-refractivity contribution in [3.8, 4) is 0 Å². The molecular weight excluding hydrogens is 480 g/mol. The molecule has 4 atom stereocenters. The molecule has 4 aliphatic rings. The molecule has 14 heteroatoms. The lowest BCUT2D eigenvalue weighted by molar-refractivity contribution is -0.896. The van der Waals surface area contributed by atoms with Crippen LogP contribution in [0.25, 0.3) is 0 Å². The summed E-state index contributed by atoms with van der Waals surface area (Å²) < 4.78 is 4.80. The van der Waals surface area contributed by atoms with Gasteiger partial charge in [0.05, 0.1) is 31.6 Å². The van der Waals surface area contributed by atoms with Gasteiger partial charge in [0.1, 0.15) is 12.2 Å². The number of aromatic nitrogens is 2. The molecule has 34 heavy (non-hydrogen) atoms. The molecule has 0 spiro atoms. The maximum absolute atomic E-state index is 12.7. The Morgan fingerprint density at radius 2 is 2.00 bits per heavy atom. The van der Waals surface area contributed by atoms with Crippen LogP contribution in [-0.4, -0.2) is 122 Å². The molecule has 12 nitrogen and oxygen atoms in total. The fourth-order valence-electron chi connectivity index (χ4n) is 6.02. The molecule has 3 saturated heterocycles. The summed E-state index contributed by atoms with van der Waals surface area (Å²) in [6.45, 7) is 5.52. The van der Waals surface area contributed by atoms with Crippen LogP contribution >= 0.6 is 23.3 Å². The summed E-state index contributed by atoms with van der Waals surface area (Å²) in [4.78, 5) is 33.1. The third-order valence-corrected chi connectivity index (χ3v) is 9.25. The van der Waals surface area contributed by atoms with Gasteiger partial charge in [-0.15, -0.1) is 11.8 Å². The number of fused-ring (bicyclic) bond motifs is 2. The molecule has 1 aromatic heterocycles. The molecule has 2 unspecified atom stereocenters. The lowest BCUT2D eigenvalue weighted by Gasteiger charge is -2.52. The lowest BCUT2D eigenvalue weighted by Crippen LogP contribution is -2.67. The van der Waals surface area contributed by atoms with Gasteiger partial charge in [-0.2, -0.15) is 9.36 Å². The highest BCUT2D eigenvalue weighted by atomic mass is 32.2. The molecule has 0 radical (unpaired) electrons. The second-order valence-corrected chi connectivity index (χ2v) is 11.9. The Bertz CT molecular complexity index is 1060. The fraction of sp³-hybridized carbons (Fsp3) is 0.650. The van der Waals surface area contributed by atoms with E-state index >= 15 is 0 Å². The normalized spacial score (nSPS) is 33.5. The van der Waals surface area contributed by atoms with Crippen LogP contribution in [0.15, 0.2) is 16.4 Å². The summed E-state index contributed by atoms with van der Waals surface area (Å²) in [5.74, 6) is 0.396. The van der Waals surface area contributed by atoms with Crippen molar-refractivity contribution in [2.75, 3.05) is 64.9 Å². The largest absolute Gasteiger partial charge is 0.477 e. The number of nitrogen functional groups attached to an aromatic ring is 1. The number of carboxylic acid groups (broad SMARTS) is 1. The first kappa shape index (κ1) is 23.3. The molecule has 184 valence electrons. The van der Waals surface area contributed by atoms with E-state index in [0.717, 1.165) is 54.3 Å². The Labute approximate surface area is 205 Å². The van der Waals surface area contributed by atoms with Crippen LogP contribution in [0.2, 0.25) is 0 Å². The molecule has 1 aromatic rings. The maximum Gasteiger partial charge on any atom is 0.352 e. The molecular formula is C20H29N8O4S2+. The van der Waals surface area contributed by atoms with Gasteiger partial charge in [-0.1, -0.05) is 5.16 Å². The fourth-order valence-corrected chi connectivity index (χ4v) is 7.81. The van der Waals surface area contributed by atoms with E-state index in [4.69, 9.17) is 5.73 Å². The number of likely N-dealkylation sites (N-methyl/N-ethyl adjacent to an activating group) is 1. The molecule has 3 fully saturated rings. The van der Waals surface area contributed by atoms with Crippen LogP contribution in [0.1, 0.15) is 5.82 Å². The Hall–Kier alpha value is -2.42. The van der Waals surface area contributed by atoms with Gasteiger partial charge in [-0.3, -0.25) is 4.79 Å². The van der Waals surface area contributed by atoms with Crippen LogP contribution in [0.4, 0.5) is 5.13 Å². The number of carbonyl (C=O) groups is 2. The van der Waals surface area contributed by atoms with Crippen molar-refractivity contribution in [3.05, 3.63) is 17.1 Å². The maximum atomic E-state index is 12.7. The van der Waals surface area contributed by atoms with E-state index in [9.17, 15) is 19.9 Å². The lowest BCUT2D eigenvalue weighted by atomic mass is 10.0. The van der Waals surface area contributed by atoms with Crippen LogP contribution in [-0.2, 0) is 9.59 Å². The standard InChI is InChI=1S/C20H28N8O4S2/c1-26-3-10-6-28(2,7-11(10)4-26)8-12-9-33-18-13(5-27(18)15(12)19(30)31)22-17(29)14(24-32)16-23-20(21)34-25-16/h10-11,13,18H,3-9H2,1-2H3,(H4-,21,22,23,25,29,30,31,32)/p+1/t10?,11?,13-,18-,28?/m1/s1. The topological polar surface area (TPSA) is 157 Å². The Morgan fingerprint density at radius 1 is 1.29 bits per heavy atom. The summed E-state index contributed by atoms with van der Waals surface area (Å²) in [6.07, 6.45) is 0. The second-order valence-electron chi connectivity index (χ2n) is 9.98. The first-order chi connectivity index (χ1) is 16.2. The minimum atomic E-state index is -0.921. The third kappa shape index (κ3) is 4.12. The number of carboxylic acids is 1. The molecule has 0 aliphatic carbocycles. The van der Waals surface area contributed by atoms with E-state index in [-0.39, 0.29) is 28.1 Å². The summed E-state index contributed by atoms with van der Waals surface area (Å²) in [5.41, 5.74) is 6.58. The van der Waals surface area contributed by atoms with Crippen LogP contribution in [0.5, 0.6) is 0 Å². The van der Waals surface area contributed by atoms with Crippen molar-refractivity contribution in [2.45, 2.75) is 11.4 Å². The number of nitrogens with two attached hydrogens (primary N) is 1. The number of rotatable bonds is 6. The molecule has 0 aromatic carbocycles. The number of carbonyl (C=O) groups excluding carboxylic acids is 1. The third-order valence-electron chi connectivity index (χ3n) is 7.27. The van der Waals surface area contributed by atoms with E-state index in [2.05, 4.69) is 38.8 Å². The average Bonchev–Trinajstić information content (AvgIpc) is 3.39. The van der Waals surface area contributed by atoms with Crippen LogP contribution < -0.4 is 11.1 Å². The molecule has 4 aliphatic heterocycles. The number of likely N-dealkylation sites (tertiary alicyclic amines) is 2. The number of aliphatic carboxylic acids is 1. The summed E-state index contributed by atoms with van der Waals surface area (Å²) in [6, 6.07) is -0.285. The van der Waals surface area contributed by atoms with Gasteiger partial charge in [-0.05, 0) is 7.05 Å². The molecule has 5 N–H and O–H groups in total. The highest BCUT2D eigenvalue weighted by Crippen LogP contribution is 2.41. The minimum absolute atomic E-state index is 0.0399. The number of amides is 1. The van der Waals surface area contributed by atoms with Gasteiger partial charge in [0.25, 0.3) is 5.91 Å². The van der Waals surface area contributed by atoms with E-state index < -0.39 is 11.9 Å².